The van der Waals surface area contributed by atoms with E-state index in [2.05, 4.69) is 21.3 Å². The lowest BCUT2D eigenvalue weighted by atomic mass is 10.2. The van der Waals surface area contributed by atoms with Gasteiger partial charge in [-0.3, -0.25) is 4.79 Å². The molecule has 4 rings (SSSR count). The van der Waals surface area contributed by atoms with E-state index in [4.69, 9.17) is 16.3 Å². The highest BCUT2D eigenvalue weighted by atomic mass is 35.5. The normalized spacial score (nSPS) is 13.2. The fraction of sp³-hybridized carbons (Fsp3) is 0.130. The number of nitrogens with one attached hydrogen (secondary N) is 4. The van der Waals surface area contributed by atoms with Crippen LogP contribution in [-0.4, -0.2) is 37.7 Å². The Morgan fingerprint density at radius 3 is 2.39 bits per heavy atom. The molecule has 1 aromatic heterocycles. The number of benzene rings is 2. The van der Waals surface area contributed by atoms with Gasteiger partial charge in [0.25, 0.3) is 5.91 Å². The van der Waals surface area contributed by atoms with Crippen molar-refractivity contribution in [3.63, 3.8) is 0 Å². The van der Waals surface area contributed by atoms with E-state index < -0.39 is 17.9 Å². The number of anilines is 5. The van der Waals surface area contributed by atoms with Crippen molar-refractivity contribution in [3.8, 4) is 0 Å². The number of nitrogens with zero attached hydrogens (tertiary/aromatic N) is 2. The van der Waals surface area contributed by atoms with Crippen LogP contribution in [-0.2, 0) is 9.53 Å². The number of carbonyl (C=O) groups is 3. The Morgan fingerprint density at radius 1 is 0.972 bits per heavy atom. The van der Waals surface area contributed by atoms with Crippen molar-refractivity contribution in [2.45, 2.75) is 0 Å². The Balaban J connectivity index is 1.42. The zero-order chi connectivity index (χ0) is 25.7. The summed E-state index contributed by atoms with van der Waals surface area (Å²) in [5.41, 5.74) is 0.729. The second kappa shape index (κ2) is 10.9. The minimum Gasteiger partial charge on any atom is -0.619 e. The number of ether oxygens (including phenoxy) is 1. The molecule has 1 fully saturated rings. The lowest BCUT2D eigenvalue weighted by Crippen LogP contribution is -2.41. The highest BCUT2D eigenvalue weighted by molar-refractivity contribution is 6.30. The van der Waals surface area contributed by atoms with Gasteiger partial charge < -0.3 is 36.1 Å². The van der Waals surface area contributed by atoms with Crippen molar-refractivity contribution in [1.29, 1.82) is 0 Å². The van der Waals surface area contributed by atoms with Crippen LogP contribution in [0, 0.1) is 11.0 Å². The minimum atomic E-state index is -0.864. The number of urea groups is 2. The summed E-state index contributed by atoms with van der Waals surface area (Å²) in [4.78, 5) is 38.2. The van der Waals surface area contributed by atoms with Crippen molar-refractivity contribution in [3.05, 3.63) is 77.0 Å². The molecule has 0 aliphatic carbocycles. The maximum Gasteiger partial charge on any atom is 0.323 e. The highest BCUT2D eigenvalue weighted by Gasteiger charge is 2.21. The van der Waals surface area contributed by atoms with E-state index in [0.29, 0.717) is 27.7 Å². The molecule has 0 atom stereocenters. The van der Waals surface area contributed by atoms with E-state index in [9.17, 15) is 24.0 Å². The predicted octanol–water partition coefficient (Wildman–Crippen LogP) is 3.76. The Kier molecular flexibility index (Phi) is 7.47. The standard InChI is InChI=1S/C23H20ClFN6O5/c24-14-1-3-15(4-2-14)26-22(33)28-19-7-8-30(35)12-20(19)29-23(34)27-18-6-5-16(11-17(18)25)31-9-10-36-13-21(31)32/h1-8,11-12H,9-10,13H2,(H2,26,28,33)(H2,27,29,34). The molecule has 2 aromatic carbocycles. The van der Waals surface area contributed by atoms with Gasteiger partial charge in [0.05, 0.1) is 18.0 Å². The van der Waals surface area contributed by atoms with Gasteiger partial charge in [-0.2, -0.15) is 4.73 Å². The summed E-state index contributed by atoms with van der Waals surface area (Å²) in [6.45, 7) is 0.533. The number of halogens is 2. The number of morpholine rings is 1. The topological polar surface area (TPSA) is 139 Å². The molecule has 2 heterocycles. The van der Waals surface area contributed by atoms with Gasteiger partial charge in [-0.25, -0.2) is 14.0 Å². The molecule has 4 N–H and O–H groups in total. The quantitative estimate of drug-likeness (QED) is 0.303. The third-order valence-electron chi connectivity index (χ3n) is 5.03. The summed E-state index contributed by atoms with van der Waals surface area (Å²) in [6.07, 6.45) is 2.16. The minimum absolute atomic E-state index is 0.0350. The predicted molar refractivity (Wildman–Crippen MR) is 132 cm³/mol. The molecule has 36 heavy (non-hydrogen) atoms. The zero-order valence-electron chi connectivity index (χ0n) is 18.6. The Morgan fingerprint density at radius 2 is 1.67 bits per heavy atom. The first-order valence-electron chi connectivity index (χ1n) is 10.6. The first-order chi connectivity index (χ1) is 17.3. The summed E-state index contributed by atoms with van der Waals surface area (Å²) >= 11 is 5.83. The van der Waals surface area contributed by atoms with Crippen LogP contribution in [0.3, 0.4) is 0 Å². The van der Waals surface area contributed by atoms with Crippen molar-refractivity contribution in [2.24, 2.45) is 0 Å². The smallest absolute Gasteiger partial charge is 0.323 e. The summed E-state index contributed by atoms with van der Waals surface area (Å²) in [5, 5.41) is 22.1. The van der Waals surface area contributed by atoms with Gasteiger partial charge in [0.2, 0.25) is 6.20 Å². The van der Waals surface area contributed by atoms with Crippen LogP contribution < -0.4 is 30.9 Å². The average molecular weight is 515 g/mol. The summed E-state index contributed by atoms with van der Waals surface area (Å²) in [7, 11) is 0. The highest BCUT2D eigenvalue weighted by Crippen LogP contribution is 2.25. The number of carbonyl (C=O) groups excluding carboxylic acids is 3. The summed E-state index contributed by atoms with van der Waals surface area (Å²) in [5.74, 6) is -1.07. The third kappa shape index (κ3) is 6.17. The SMILES string of the molecule is O=C(Nc1ccc(Cl)cc1)Nc1cc[n+]([O-])cc1NC(=O)Nc1ccc(N2CCOCC2=O)cc1F. The summed E-state index contributed by atoms with van der Waals surface area (Å²) in [6, 6.07) is 10.1. The fourth-order valence-electron chi connectivity index (χ4n) is 3.34. The molecule has 1 saturated heterocycles. The van der Waals surface area contributed by atoms with E-state index in [1.807, 2.05) is 0 Å². The largest absolute Gasteiger partial charge is 0.619 e. The van der Waals surface area contributed by atoms with Crippen LogP contribution >= 0.6 is 11.6 Å². The number of hydrogen-bond donors (Lipinski definition) is 4. The Hall–Kier alpha value is -4.42. The van der Waals surface area contributed by atoms with E-state index in [-0.39, 0.29) is 36.1 Å². The van der Waals surface area contributed by atoms with Crippen LogP contribution in [0.15, 0.2) is 60.9 Å². The van der Waals surface area contributed by atoms with Gasteiger partial charge in [-0.15, -0.1) is 0 Å². The molecule has 186 valence electrons. The van der Waals surface area contributed by atoms with Crippen LogP contribution in [0.5, 0.6) is 0 Å². The Labute approximate surface area is 209 Å². The lowest BCUT2D eigenvalue weighted by molar-refractivity contribution is -0.604. The van der Waals surface area contributed by atoms with Crippen LogP contribution in [0.2, 0.25) is 5.02 Å². The molecule has 5 amide bonds. The first kappa shape index (κ1) is 24.7. The van der Waals surface area contributed by atoms with E-state index >= 15 is 0 Å². The van der Waals surface area contributed by atoms with Crippen LogP contribution in [0.4, 0.5) is 42.4 Å². The number of rotatable bonds is 5. The Bertz CT molecular complexity index is 1310. The van der Waals surface area contributed by atoms with E-state index in [0.717, 1.165) is 18.5 Å². The maximum absolute atomic E-state index is 14.6. The second-order valence-corrected chi connectivity index (χ2v) is 8.00. The van der Waals surface area contributed by atoms with Crippen molar-refractivity contribution in [2.75, 3.05) is 45.9 Å². The number of pyridine rings is 1. The van der Waals surface area contributed by atoms with Gasteiger partial charge >= 0.3 is 12.1 Å². The molecule has 3 aromatic rings. The van der Waals surface area contributed by atoms with E-state index in [1.165, 1.54) is 23.1 Å². The van der Waals surface area contributed by atoms with Crippen molar-refractivity contribution < 1.29 is 28.2 Å². The van der Waals surface area contributed by atoms with Gasteiger partial charge in [0.15, 0.2) is 6.20 Å². The molecule has 13 heteroatoms. The molecule has 0 unspecified atom stereocenters. The van der Waals surface area contributed by atoms with Gasteiger partial charge in [-0.1, -0.05) is 11.6 Å². The average Bonchev–Trinajstić information content (AvgIpc) is 2.84. The number of hydrogen-bond acceptors (Lipinski definition) is 5. The maximum atomic E-state index is 14.6. The van der Waals surface area contributed by atoms with Crippen LogP contribution in [0.1, 0.15) is 0 Å². The molecule has 0 spiro atoms. The molecule has 0 radical (unpaired) electrons. The molecular formula is C23H20ClFN6O5. The lowest BCUT2D eigenvalue weighted by Gasteiger charge is -2.27. The molecule has 1 aliphatic rings. The van der Waals surface area contributed by atoms with Crippen molar-refractivity contribution in [1.82, 2.24) is 0 Å². The van der Waals surface area contributed by atoms with Crippen LogP contribution in [0.25, 0.3) is 0 Å². The number of aromatic nitrogens is 1. The van der Waals surface area contributed by atoms with Gasteiger partial charge in [-0.05, 0) is 42.5 Å². The second-order valence-electron chi connectivity index (χ2n) is 7.56. The molecule has 0 saturated carbocycles. The monoisotopic (exact) mass is 514 g/mol. The zero-order valence-corrected chi connectivity index (χ0v) is 19.3. The van der Waals surface area contributed by atoms with Crippen molar-refractivity contribution >= 4 is 58.0 Å². The van der Waals surface area contributed by atoms with E-state index in [1.54, 1.807) is 24.3 Å². The molecule has 0 bridgehead atoms. The number of amides is 5. The fourth-order valence-corrected chi connectivity index (χ4v) is 3.47. The summed E-state index contributed by atoms with van der Waals surface area (Å²) < 4.78 is 20.1. The molecule has 1 aliphatic heterocycles. The van der Waals surface area contributed by atoms with Gasteiger partial charge in [0.1, 0.15) is 18.1 Å². The molecular weight excluding hydrogens is 495 g/mol. The molecule has 11 nitrogen and oxygen atoms in total. The first-order valence-corrected chi connectivity index (χ1v) is 11.0. The van der Waals surface area contributed by atoms with Gasteiger partial charge in [0, 0.05) is 29.0 Å². The third-order valence-corrected chi connectivity index (χ3v) is 5.28.